The molecule has 3 rings (SSSR count). The van der Waals surface area contributed by atoms with Gasteiger partial charge in [0.15, 0.2) is 0 Å². The van der Waals surface area contributed by atoms with Crippen LogP contribution in [0.4, 0.5) is 15.9 Å². The average molecular weight is 343 g/mol. The first-order chi connectivity index (χ1) is 12.2. The monoisotopic (exact) mass is 343 g/mol. The minimum Gasteiger partial charge on any atom is -0.370 e. The van der Waals surface area contributed by atoms with Gasteiger partial charge in [-0.1, -0.05) is 6.92 Å². The average Bonchev–Trinajstić information content (AvgIpc) is 2.67. The molecule has 0 unspecified atom stereocenters. The van der Waals surface area contributed by atoms with Crippen LogP contribution in [0, 0.1) is 5.82 Å². The lowest BCUT2D eigenvalue weighted by Crippen LogP contribution is -2.49. The van der Waals surface area contributed by atoms with Gasteiger partial charge in [-0.05, 0) is 30.7 Å². The summed E-state index contributed by atoms with van der Waals surface area (Å²) >= 11 is 0. The van der Waals surface area contributed by atoms with E-state index in [0.717, 1.165) is 18.7 Å². The number of carbonyl (C=O) groups is 1. The Morgan fingerprint density at radius 1 is 1.16 bits per heavy atom. The molecule has 1 aromatic heterocycles. The van der Waals surface area contributed by atoms with E-state index in [1.807, 2.05) is 0 Å². The minimum atomic E-state index is -0.242. The van der Waals surface area contributed by atoms with E-state index in [1.165, 1.54) is 18.5 Å². The van der Waals surface area contributed by atoms with Crippen LogP contribution >= 0.6 is 0 Å². The molecule has 0 aliphatic carbocycles. The highest BCUT2D eigenvalue weighted by Crippen LogP contribution is 2.18. The zero-order valence-electron chi connectivity index (χ0n) is 14.3. The van der Waals surface area contributed by atoms with Crippen LogP contribution in [0.15, 0.2) is 36.7 Å². The number of anilines is 2. The first kappa shape index (κ1) is 17.1. The van der Waals surface area contributed by atoms with Gasteiger partial charge in [-0.15, -0.1) is 0 Å². The van der Waals surface area contributed by atoms with E-state index in [9.17, 15) is 9.18 Å². The van der Waals surface area contributed by atoms with E-state index in [-0.39, 0.29) is 11.7 Å². The third-order valence-corrected chi connectivity index (χ3v) is 4.20. The standard InChI is InChI=1S/C18H22FN5O/c1-2-7-20-17-12-16(21-13-22-17)18(25)24-10-8-23(9-11-24)15-5-3-14(19)4-6-15/h3-6,12-13H,2,7-11H2,1H3,(H,20,21,22). The zero-order chi connectivity index (χ0) is 17.6. The topological polar surface area (TPSA) is 61.4 Å². The van der Waals surface area contributed by atoms with Crippen molar-refractivity contribution < 1.29 is 9.18 Å². The van der Waals surface area contributed by atoms with Crippen molar-refractivity contribution in [3.05, 3.63) is 48.2 Å². The fraction of sp³-hybridized carbons (Fsp3) is 0.389. The van der Waals surface area contributed by atoms with Crippen LogP contribution in [0.3, 0.4) is 0 Å². The maximum Gasteiger partial charge on any atom is 0.272 e. The molecule has 2 aromatic rings. The predicted molar refractivity (Wildman–Crippen MR) is 95.3 cm³/mol. The van der Waals surface area contributed by atoms with Crippen molar-refractivity contribution in [2.24, 2.45) is 0 Å². The maximum atomic E-state index is 13.0. The van der Waals surface area contributed by atoms with Gasteiger partial charge in [0.05, 0.1) is 0 Å². The quantitative estimate of drug-likeness (QED) is 0.903. The normalized spacial score (nSPS) is 14.5. The summed E-state index contributed by atoms with van der Waals surface area (Å²) in [5.41, 5.74) is 1.38. The number of benzene rings is 1. The van der Waals surface area contributed by atoms with E-state index in [0.29, 0.717) is 37.7 Å². The maximum absolute atomic E-state index is 13.0. The largest absolute Gasteiger partial charge is 0.370 e. The van der Waals surface area contributed by atoms with Gasteiger partial charge in [0.25, 0.3) is 5.91 Å². The van der Waals surface area contributed by atoms with Crippen LogP contribution < -0.4 is 10.2 Å². The molecular formula is C18H22FN5O. The molecule has 1 aliphatic rings. The summed E-state index contributed by atoms with van der Waals surface area (Å²) in [7, 11) is 0. The van der Waals surface area contributed by atoms with Gasteiger partial charge in [0, 0.05) is 44.5 Å². The zero-order valence-corrected chi connectivity index (χ0v) is 14.3. The Hall–Kier alpha value is -2.70. The molecule has 0 spiro atoms. The molecule has 0 saturated carbocycles. The Kier molecular flexibility index (Phi) is 5.42. The van der Waals surface area contributed by atoms with Crippen molar-refractivity contribution in [1.29, 1.82) is 0 Å². The molecule has 6 nitrogen and oxygen atoms in total. The van der Waals surface area contributed by atoms with Crippen molar-refractivity contribution in [3.8, 4) is 0 Å². The van der Waals surface area contributed by atoms with Crippen molar-refractivity contribution in [2.75, 3.05) is 42.9 Å². The molecule has 2 heterocycles. The van der Waals surface area contributed by atoms with Gasteiger partial charge in [0.1, 0.15) is 23.7 Å². The smallest absolute Gasteiger partial charge is 0.272 e. The van der Waals surface area contributed by atoms with E-state index < -0.39 is 0 Å². The number of rotatable bonds is 5. The lowest BCUT2D eigenvalue weighted by molar-refractivity contribution is 0.0740. The molecule has 1 amide bonds. The second-order valence-corrected chi connectivity index (χ2v) is 5.97. The Bertz CT molecular complexity index is 714. The molecule has 1 N–H and O–H groups in total. The molecule has 25 heavy (non-hydrogen) atoms. The predicted octanol–water partition coefficient (Wildman–Crippen LogP) is 2.40. The number of hydrogen-bond acceptors (Lipinski definition) is 5. The van der Waals surface area contributed by atoms with E-state index >= 15 is 0 Å². The molecular weight excluding hydrogens is 321 g/mol. The summed E-state index contributed by atoms with van der Waals surface area (Å²) in [5.74, 6) is 0.347. The van der Waals surface area contributed by atoms with Crippen molar-refractivity contribution >= 4 is 17.4 Å². The van der Waals surface area contributed by atoms with Gasteiger partial charge in [-0.2, -0.15) is 0 Å². The summed E-state index contributed by atoms with van der Waals surface area (Å²) in [4.78, 5) is 24.8. The van der Waals surface area contributed by atoms with Crippen molar-refractivity contribution in [3.63, 3.8) is 0 Å². The number of hydrogen-bond donors (Lipinski definition) is 1. The molecule has 1 fully saturated rings. The first-order valence-electron chi connectivity index (χ1n) is 8.53. The number of nitrogens with zero attached hydrogens (tertiary/aromatic N) is 4. The van der Waals surface area contributed by atoms with Crippen LogP contribution in [-0.2, 0) is 0 Å². The van der Waals surface area contributed by atoms with Crippen LogP contribution in [0.25, 0.3) is 0 Å². The fourth-order valence-corrected chi connectivity index (χ4v) is 2.81. The Balaban J connectivity index is 1.60. The molecule has 0 atom stereocenters. The van der Waals surface area contributed by atoms with E-state index in [1.54, 1.807) is 23.1 Å². The van der Waals surface area contributed by atoms with Crippen LogP contribution in [0.2, 0.25) is 0 Å². The number of nitrogens with one attached hydrogen (secondary N) is 1. The molecule has 1 aromatic carbocycles. The SMILES string of the molecule is CCCNc1cc(C(=O)N2CCN(c3ccc(F)cc3)CC2)ncn1. The second-order valence-electron chi connectivity index (χ2n) is 5.97. The highest BCUT2D eigenvalue weighted by atomic mass is 19.1. The lowest BCUT2D eigenvalue weighted by Gasteiger charge is -2.36. The highest BCUT2D eigenvalue weighted by Gasteiger charge is 2.23. The van der Waals surface area contributed by atoms with Gasteiger partial charge >= 0.3 is 0 Å². The molecule has 1 saturated heterocycles. The van der Waals surface area contributed by atoms with Crippen molar-refractivity contribution in [1.82, 2.24) is 14.9 Å². The number of halogens is 1. The Morgan fingerprint density at radius 3 is 2.56 bits per heavy atom. The summed E-state index contributed by atoms with van der Waals surface area (Å²) in [6, 6.07) is 8.15. The number of carbonyl (C=O) groups excluding carboxylic acids is 1. The second kappa shape index (κ2) is 7.92. The fourth-order valence-electron chi connectivity index (χ4n) is 2.81. The summed E-state index contributed by atoms with van der Waals surface area (Å²) in [6.07, 6.45) is 2.40. The van der Waals surface area contributed by atoms with E-state index in [4.69, 9.17) is 0 Å². The first-order valence-corrected chi connectivity index (χ1v) is 8.53. The number of aromatic nitrogens is 2. The third-order valence-electron chi connectivity index (χ3n) is 4.20. The summed E-state index contributed by atoms with van der Waals surface area (Å²) in [6.45, 7) is 5.52. The van der Waals surface area contributed by atoms with Gasteiger partial charge in [-0.3, -0.25) is 4.79 Å². The minimum absolute atomic E-state index is 0.0827. The van der Waals surface area contributed by atoms with Gasteiger partial charge < -0.3 is 15.1 Å². The molecule has 0 radical (unpaired) electrons. The molecule has 0 bridgehead atoms. The van der Waals surface area contributed by atoms with Gasteiger partial charge in [0.2, 0.25) is 0 Å². The molecule has 7 heteroatoms. The van der Waals surface area contributed by atoms with E-state index in [2.05, 4.69) is 27.1 Å². The lowest BCUT2D eigenvalue weighted by atomic mass is 10.2. The summed E-state index contributed by atoms with van der Waals surface area (Å²) in [5, 5.41) is 3.16. The number of piperazine rings is 1. The Morgan fingerprint density at radius 2 is 1.88 bits per heavy atom. The number of amides is 1. The van der Waals surface area contributed by atoms with Crippen LogP contribution in [-0.4, -0.2) is 53.5 Å². The van der Waals surface area contributed by atoms with Crippen LogP contribution in [0.1, 0.15) is 23.8 Å². The molecule has 132 valence electrons. The highest BCUT2D eigenvalue weighted by molar-refractivity contribution is 5.93. The van der Waals surface area contributed by atoms with Crippen molar-refractivity contribution in [2.45, 2.75) is 13.3 Å². The van der Waals surface area contributed by atoms with Crippen LogP contribution in [0.5, 0.6) is 0 Å². The third kappa shape index (κ3) is 4.23. The summed E-state index contributed by atoms with van der Waals surface area (Å²) < 4.78 is 13.0. The Labute approximate surface area is 146 Å². The van der Waals surface area contributed by atoms with Gasteiger partial charge in [-0.25, -0.2) is 14.4 Å². The molecule has 1 aliphatic heterocycles.